The fourth-order valence-corrected chi connectivity index (χ4v) is 1.29. The molecule has 0 atom stereocenters. The first-order valence-corrected chi connectivity index (χ1v) is 5.10. The predicted octanol–water partition coefficient (Wildman–Crippen LogP) is 1.06. The molecule has 1 rings (SSSR count). The van der Waals surface area contributed by atoms with Crippen molar-refractivity contribution in [3.8, 4) is 5.75 Å². The minimum absolute atomic E-state index is 0.0339. The number of benzene rings is 1. The normalized spacial score (nSPS) is 10.9. The molecule has 1 aromatic carbocycles. The van der Waals surface area contributed by atoms with Crippen molar-refractivity contribution in [1.29, 1.82) is 0 Å². The summed E-state index contributed by atoms with van der Waals surface area (Å²) in [6.07, 6.45) is 0.705. The zero-order chi connectivity index (χ0) is 14.6. The molecule has 0 heterocycles. The molecule has 100 valence electrons. The van der Waals surface area contributed by atoms with Gasteiger partial charge >= 0.3 is 11.9 Å². The van der Waals surface area contributed by atoms with Gasteiger partial charge in [0.1, 0.15) is 5.75 Å². The molecular formula is C12H11NO6. The summed E-state index contributed by atoms with van der Waals surface area (Å²) in [7, 11) is 0. The average molecular weight is 265 g/mol. The number of carboxylic acids is 2. The molecule has 0 aliphatic carbocycles. The number of hydrogen-bond donors (Lipinski definition) is 4. The highest BCUT2D eigenvalue weighted by atomic mass is 16.4. The van der Waals surface area contributed by atoms with E-state index >= 15 is 0 Å². The van der Waals surface area contributed by atoms with E-state index in [4.69, 9.17) is 10.2 Å². The highest BCUT2D eigenvalue weighted by Gasteiger charge is 2.14. The van der Waals surface area contributed by atoms with E-state index in [-0.39, 0.29) is 22.6 Å². The standard InChI is InChI=1S/C12H11NO6/c1-6(4-10(15)16)11(17)13-9-3-2-7(14)5-8(9)12(18)19/h2-5,14H,1H3,(H,13,17)(H,15,16)(H,18,19)/b6-4-. The van der Waals surface area contributed by atoms with Crippen molar-refractivity contribution >= 4 is 23.5 Å². The maximum atomic E-state index is 11.6. The summed E-state index contributed by atoms with van der Waals surface area (Å²) in [5, 5.41) is 28.9. The summed E-state index contributed by atoms with van der Waals surface area (Å²) < 4.78 is 0. The Hall–Kier alpha value is -2.83. The smallest absolute Gasteiger partial charge is 0.337 e. The van der Waals surface area contributed by atoms with Gasteiger partial charge in [0.25, 0.3) is 5.91 Å². The van der Waals surface area contributed by atoms with E-state index in [2.05, 4.69) is 5.32 Å². The van der Waals surface area contributed by atoms with E-state index in [0.29, 0.717) is 6.08 Å². The second kappa shape index (κ2) is 5.67. The summed E-state index contributed by atoms with van der Waals surface area (Å²) in [6.45, 7) is 1.28. The number of amides is 1. The average Bonchev–Trinajstić information content (AvgIpc) is 2.30. The lowest BCUT2D eigenvalue weighted by atomic mass is 10.1. The van der Waals surface area contributed by atoms with Crippen molar-refractivity contribution in [3.63, 3.8) is 0 Å². The molecule has 0 spiro atoms. The number of carbonyl (C=O) groups excluding carboxylic acids is 1. The van der Waals surface area contributed by atoms with Gasteiger partial charge in [-0.25, -0.2) is 9.59 Å². The SMILES string of the molecule is C/C(=C/C(=O)O)C(=O)Nc1ccc(O)cc1C(=O)O. The highest BCUT2D eigenvalue weighted by Crippen LogP contribution is 2.21. The molecule has 0 bridgehead atoms. The lowest BCUT2D eigenvalue weighted by molar-refractivity contribution is -0.131. The Bertz CT molecular complexity index is 576. The number of anilines is 1. The van der Waals surface area contributed by atoms with Crippen LogP contribution in [0.2, 0.25) is 0 Å². The number of carboxylic acid groups (broad SMARTS) is 2. The molecule has 19 heavy (non-hydrogen) atoms. The Kier molecular flexibility index (Phi) is 4.25. The van der Waals surface area contributed by atoms with Gasteiger partial charge < -0.3 is 20.6 Å². The summed E-state index contributed by atoms with van der Waals surface area (Å²) >= 11 is 0. The first kappa shape index (κ1) is 14.2. The van der Waals surface area contributed by atoms with Crippen LogP contribution in [-0.4, -0.2) is 33.2 Å². The highest BCUT2D eigenvalue weighted by molar-refractivity contribution is 6.09. The predicted molar refractivity (Wildman–Crippen MR) is 65.1 cm³/mol. The second-order valence-electron chi connectivity index (χ2n) is 3.65. The molecule has 7 nitrogen and oxygen atoms in total. The van der Waals surface area contributed by atoms with E-state index in [1.807, 2.05) is 0 Å². The quantitative estimate of drug-likeness (QED) is 0.476. The molecule has 0 aliphatic rings. The molecule has 0 aliphatic heterocycles. The molecule has 4 N–H and O–H groups in total. The summed E-state index contributed by atoms with van der Waals surface area (Å²) in [5.74, 6) is -3.60. The summed E-state index contributed by atoms with van der Waals surface area (Å²) in [4.78, 5) is 32.9. The first-order chi connectivity index (χ1) is 8.81. The lowest BCUT2D eigenvalue weighted by Gasteiger charge is -2.08. The van der Waals surface area contributed by atoms with Crippen molar-refractivity contribution in [2.45, 2.75) is 6.92 Å². The topological polar surface area (TPSA) is 124 Å². The molecule has 1 aromatic rings. The first-order valence-electron chi connectivity index (χ1n) is 5.10. The van der Waals surface area contributed by atoms with Gasteiger partial charge in [-0.15, -0.1) is 0 Å². The van der Waals surface area contributed by atoms with Gasteiger partial charge in [-0.1, -0.05) is 0 Å². The Morgan fingerprint density at radius 2 is 1.84 bits per heavy atom. The number of rotatable bonds is 4. The fraction of sp³-hybridized carbons (Fsp3) is 0.0833. The zero-order valence-electron chi connectivity index (χ0n) is 9.88. The van der Waals surface area contributed by atoms with Crippen LogP contribution in [0.25, 0.3) is 0 Å². The summed E-state index contributed by atoms with van der Waals surface area (Å²) in [6, 6.07) is 3.40. The molecular weight excluding hydrogens is 254 g/mol. The number of carbonyl (C=O) groups is 3. The number of aliphatic carboxylic acids is 1. The number of nitrogens with one attached hydrogen (secondary N) is 1. The van der Waals surface area contributed by atoms with Crippen LogP contribution in [0.3, 0.4) is 0 Å². The molecule has 0 aromatic heterocycles. The minimum atomic E-state index is -1.33. The van der Waals surface area contributed by atoms with E-state index in [9.17, 15) is 19.5 Å². The van der Waals surface area contributed by atoms with Crippen LogP contribution in [-0.2, 0) is 9.59 Å². The Balaban J connectivity index is 3.03. The van der Waals surface area contributed by atoms with Gasteiger partial charge in [0.2, 0.25) is 0 Å². The second-order valence-corrected chi connectivity index (χ2v) is 3.65. The molecule has 0 fully saturated rings. The van der Waals surface area contributed by atoms with Crippen molar-refractivity contribution in [2.24, 2.45) is 0 Å². The van der Waals surface area contributed by atoms with Crippen molar-refractivity contribution < 1.29 is 29.7 Å². The maximum Gasteiger partial charge on any atom is 0.337 e. The zero-order valence-corrected chi connectivity index (χ0v) is 9.88. The molecule has 0 radical (unpaired) electrons. The van der Waals surface area contributed by atoms with Crippen LogP contribution in [0, 0.1) is 0 Å². The molecule has 0 saturated heterocycles. The third-order valence-corrected chi connectivity index (χ3v) is 2.18. The van der Waals surface area contributed by atoms with Gasteiger partial charge in [0.05, 0.1) is 11.3 Å². The van der Waals surface area contributed by atoms with Crippen LogP contribution in [0.15, 0.2) is 29.8 Å². The van der Waals surface area contributed by atoms with Crippen LogP contribution in [0.4, 0.5) is 5.69 Å². The van der Waals surface area contributed by atoms with Crippen LogP contribution < -0.4 is 5.32 Å². The number of aromatic carboxylic acids is 1. The fourth-order valence-electron chi connectivity index (χ4n) is 1.29. The number of aromatic hydroxyl groups is 1. The van der Waals surface area contributed by atoms with Crippen LogP contribution in [0.5, 0.6) is 5.75 Å². The van der Waals surface area contributed by atoms with Crippen LogP contribution in [0.1, 0.15) is 17.3 Å². The van der Waals surface area contributed by atoms with Crippen molar-refractivity contribution in [3.05, 3.63) is 35.4 Å². The number of hydrogen-bond acceptors (Lipinski definition) is 4. The van der Waals surface area contributed by atoms with Gasteiger partial charge in [-0.3, -0.25) is 4.79 Å². The van der Waals surface area contributed by atoms with Gasteiger partial charge in [0, 0.05) is 11.6 Å². The van der Waals surface area contributed by atoms with E-state index in [0.717, 1.165) is 6.07 Å². The molecule has 0 unspecified atom stereocenters. The van der Waals surface area contributed by atoms with E-state index in [1.54, 1.807) is 0 Å². The minimum Gasteiger partial charge on any atom is -0.508 e. The Morgan fingerprint density at radius 1 is 1.21 bits per heavy atom. The van der Waals surface area contributed by atoms with E-state index < -0.39 is 17.8 Å². The largest absolute Gasteiger partial charge is 0.508 e. The number of phenols is 1. The molecule has 1 amide bonds. The maximum absolute atomic E-state index is 11.6. The van der Waals surface area contributed by atoms with Crippen molar-refractivity contribution in [1.82, 2.24) is 0 Å². The van der Waals surface area contributed by atoms with Crippen LogP contribution >= 0.6 is 0 Å². The number of phenolic OH excluding ortho intramolecular Hbond substituents is 1. The third-order valence-electron chi connectivity index (χ3n) is 2.18. The Morgan fingerprint density at radius 3 is 2.37 bits per heavy atom. The molecule has 7 heteroatoms. The summed E-state index contributed by atoms with van der Waals surface area (Å²) in [5.41, 5.74) is -0.415. The van der Waals surface area contributed by atoms with Gasteiger partial charge in [-0.2, -0.15) is 0 Å². The monoisotopic (exact) mass is 265 g/mol. The lowest BCUT2D eigenvalue weighted by Crippen LogP contribution is -2.16. The third kappa shape index (κ3) is 3.84. The van der Waals surface area contributed by atoms with Crippen molar-refractivity contribution in [2.75, 3.05) is 5.32 Å². The van der Waals surface area contributed by atoms with E-state index in [1.165, 1.54) is 19.1 Å². The van der Waals surface area contributed by atoms with Gasteiger partial charge in [-0.05, 0) is 25.1 Å². The molecule has 0 saturated carbocycles. The Labute approximate surface area is 107 Å². The van der Waals surface area contributed by atoms with Gasteiger partial charge in [0.15, 0.2) is 0 Å².